The van der Waals surface area contributed by atoms with Crippen LogP contribution in [0.1, 0.15) is 58.3 Å². The first-order chi connectivity index (χ1) is 10.4. The van der Waals surface area contributed by atoms with Crippen molar-refractivity contribution in [3.8, 4) is 0 Å². The summed E-state index contributed by atoms with van der Waals surface area (Å²) in [6.45, 7) is 11.7. The van der Waals surface area contributed by atoms with E-state index in [1.165, 1.54) is 97.2 Å². The van der Waals surface area contributed by atoms with Crippen LogP contribution >= 0.6 is 0 Å². The Bertz CT molecular complexity index is 291. The van der Waals surface area contributed by atoms with Crippen LogP contribution in [-0.4, -0.2) is 72.6 Å². The molecule has 1 unspecified atom stereocenters. The molecule has 3 fully saturated rings. The van der Waals surface area contributed by atoms with E-state index in [1.807, 2.05) is 0 Å². The molecule has 3 heterocycles. The van der Waals surface area contributed by atoms with Crippen LogP contribution in [0.4, 0.5) is 0 Å². The maximum absolute atomic E-state index is 2.82. The molecule has 0 spiro atoms. The molecule has 3 saturated heterocycles. The molecule has 0 aromatic carbocycles. The Morgan fingerprint density at radius 3 is 2.14 bits per heavy atom. The molecule has 21 heavy (non-hydrogen) atoms. The van der Waals surface area contributed by atoms with E-state index in [4.69, 9.17) is 0 Å². The molecule has 0 aliphatic carbocycles. The van der Waals surface area contributed by atoms with Crippen molar-refractivity contribution in [3.63, 3.8) is 0 Å². The summed E-state index contributed by atoms with van der Waals surface area (Å²) in [7, 11) is 0. The lowest BCUT2D eigenvalue weighted by molar-refractivity contribution is 0.0929. The molecule has 1 atom stereocenters. The Hall–Kier alpha value is -0.120. The highest BCUT2D eigenvalue weighted by Crippen LogP contribution is 2.23. The zero-order valence-electron chi connectivity index (χ0n) is 14.1. The molecule has 0 amide bonds. The smallest absolute Gasteiger partial charge is 0.0223 e. The van der Waals surface area contributed by atoms with Gasteiger partial charge in [0.1, 0.15) is 0 Å². The van der Waals surface area contributed by atoms with Crippen LogP contribution in [0.5, 0.6) is 0 Å². The number of hydrogen-bond donors (Lipinski definition) is 0. The van der Waals surface area contributed by atoms with Crippen molar-refractivity contribution in [3.05, 3.63) is 0 Å². The van der Waals surface area contributed by atoms with Crippen LogP contribution in [0, 0.1) is 0 Å². The van der Waals surface area contributed by atoms with E-state index in [9.17, 15) is 0 Å². The number of nitrogens with zero attached hydrogens (tertiary/aromatic N) is 3. The van der Waals surface area contributed by atoms with Crippen molar-refractivity contribution < 1.29 is 0 Å². The summed E-state index contributed by atoms with van der Waals surface area (Å²) >= 11 is 0. The summed E-state index contributed by atoms with van der Waals surface area (Å²) in [6.07, 6.45) is 11.5. The minimum atomic E-state index is 0.852. The lowest BCUT2D eigenvalue weighted by Crippen LogP contribution is -2.48. The fourth-order valence-corrected chi connectivity index (χ4v) is 4.74. The van der Waals surface area contributed by atoms with Crippen LogP contribution in [0.3, 0.4) is 0 Å². The summed E-state index contributed by atoms with van der Waals surface area (Å²) in [4.78, 5) is 8.27. The number of likely N-dealkylation sites (tertiary alicyclic amines) is 3. The Balaban J connectivity index is 1.42. The minimum absolute atomic E-state index is 0.852. The zero-order chi connectivity index (χ0) is 14.5. The topological polar surface area (TPSA) is 9.72 Å². The third-order valence-corrected chi connectivity index (χ3v) is 6.09. The summed E-state index contributed by atoms with van der Waals surface area (Å²) in [5, 5.41) is 0. The fraction of sp³-hybridized carbons (Fsp3) is 1.00. The maximum atomic E-state index is 2.82. The second kappa shape index (κ2) is 7.94. The fourth-order valence-electron chi connectivity index (χ4n) is 4.74. The largest absolute Gasteiger partial charge is 0.302 e. The predicted molar refractivity (Wildman–Crippen MR) is 89.8 cm³/mol. The van der Waals surface area contributed by atoms with Gasteiger partial charge in [0.05, 0.1) is 0 Å². The van der Waals surface area contributed by atoms with Gasteiger partial charge in [-0.15, -0.1) is 0 Å². The van der Waals surface area contributed by atoms with Crippen LogP contribution in [0.15, 0.2) is 0 Å². The first-order valence-corrected chi connectivity index (χ1v) is 9.57. The second-order valence-corrected chi connectivity index (χ2v) is 7.41. The molecule has 3 heteroatoms. The van der Waals surface area contributed by atoms with E-state index in [2.05, 4.69) is 21.6 Å². The third-order valence-electron chi connectivity index (χ3n) is 6.09. The SMILES string of the molecule is CCN1CCCC1CN1CCC(N2CCCCCC2)CC1. The predicted octanol–water partition coefficient (Wildman–Crippen LogP) is 2.81. The van der Waals surface area contributed by atoms with Gasteiger partial charge < -0.3 is 9.80 Å². The standard InChI is InChI=1S/C18H35N3/c1-2-20-13-7-8-18(20)16-19-14-9-17(10-15-19)21-11-5-3-4-6-12-21/h17-18H,2-16H2,1H3. The van der Waals surface area contributed by atoms with Gasteiger partial charge in [-0.3, -0.25) is 4.90 Å². The molecule has 0 radical (unpaired) electrons. The van der Waals surface area contributed by atoms with Gasteiger partial charge >= 0.3 is 0 Å². The number of hydrogen-bond acceptors (Lipinski definition) is 3. The molecular formula is C18H35N3. The van der Waals surface area contributed by atoms with Crippen molar-refractivity contribution in [1.29, 1.82) is 0 Å². The Kier molecular flexibility index (Phi) is 5.96. The number of likely N-dealkylation sites (N-methyl/N-ethyl adjacent to an activating group) is 1. The molecule has 0 aromatic rings. The first kappa shape index (κ1) is 15.8. The average Bonchev–Trinajstić information content (AvgIpc) is 2.79. The molecule has 0 N–H and O–H groups in total. The summed E-state index contributed by atoms with van der Waals surface area (Å²) in [5.74, 6) is 0. The quantitative estimate of drug-likeness (QED) is 0.789. The Labute approximate surface area is 131 Å². The van der Waals surface area contributed by atoms with Gasteiger partial charge in [-0.1, -0.05) is 19.8 Å². The van der Waals surface area contributed by atoms with Crippen molar-refractivity contribution >= 4 is 0 Å². The molecule has 3 aliphatic heterocycles. The van der Waals surface area contributed by atoms with Crippen molar-refractivity contribution in [1.82, 2.24) is 14.7 Å². The molecule has 3 rings (SSSR count). The lowest BCUT2D eigenvalue weighted by Gasteiger charge is -2.39. The minimum Gasteiger partial charge on any atom is -0.302 e. The van der Waals surface area contributed by atoms with E-state index in [0.29, 0.717) is 0 Å². The molecule has 3 nitrogen and oxygen atoms in total. The van der Waals surface area contributed by atoms with Gasteiger partial charge in [0.25, 0.3) is 0 Å². The van der Waals surface area contributed by atoms with Gasteiger partial charge in [-0.25, -0.2) is 0 Å². The van der Waals surface area contributed by atoms with Crippen LogP contribution in [0.25, 0.3) is 0 Å². The van der Waals surface area contributed by atoms with Crippen molar-refractivity contribution in [2.24, 2.45) is 0 Å². The molecule has 0 aromatic heterocycles. The van der Waals surface area contributed by atoms with Gasteiger partial charge in [0, 0.05) is 18.6 Å². The molecule has 3 aliphatic rings. The highest BCUT2D eigenvalue weighted by atomic mass is 15.2. The highest BCUT2D eigenvalue weighted by molar-refractivity contribution is 4.86. The summed E-state index contributed by atoms with van der Waals surface area (Å²) < 4.78 is 0. The summed E-state index contributed by atoms with van der Waals surface area (Å²) in [6, 6.07) is 1.75. The average molecular weight is 293 g/mol. The lowest BCUT2D eigenvalue weighted by atomic mass is 10.0. The van der Waals surface area contributed by atoms with Crippen molar-refractivity contribution in [2.45, 2.75) is 70.4 Å². The van der Waals surface area contributed by atoms with E-state index in [1.54, 1.807) is 0 Å². The monoisotopic (exact) mass is 293 g/mol. The second-order valence-electron chi connectivity index (χ2n) is 7.41. The third kappa shape index (κ3) is 4.20. The van der Waals surface area contributed by atoms with Crippen LogP contribution in [0.2, 0.25) is 0 Å². The van der Waals surface area contributed by atoms with E-state index in [0.717, 1.165) is 12.1 Å². The molecule has 0 saturated carbocycles. The maximum Gasteiger partial charge on any atom is 0.0223 e. The van der Waals surface area contributed by atoms with E-state index in [-0.39, 0.29) is 0 Å². The first-order valence-electron chi connectivity index (χ1n) is 9.57. The highest BCUT2D eigenvalue weighted by Gasteiger charge is 2.29. The van der Waals surface area contributed by atoms with E-state index >= 15 is 0 Å². The zero-order valence-corrected chi connectivity index (χ0v) is 14.1. The van der Waals surface area contributed by atoms with Crippen molar-refractivity contribution in [2.75, 3.05) is 45.8 Å². The van der Waals surface area contributed by atoms with Crippen LogP contribution < -0.4 is 0 Å². The van der Waals surface area contributed by atoms with Gasteiger partial charge in [-0.2, -0.15) is 0 Å². The molecular weight excluding hydrogens is 258 g/mol. The number of piperidine rings is 1. The Morgan fingerprint density at radius 1 is 0.762 bits per heavy atom. The Morgan fingerprint density at radius 2 is 1.48 bits per heavy atom. The number of rotatable bonds is 4. The van der Waals surface area contributed by atoms with Gasteiger partial charge in [0.2, 0.25) is 0 Å². The van der Waals surface area contributed by atoms with E-state index < -0.39 is 0 Å². The molecule has 0 bridgehead atoms. The van der Waals surface area contributed by atoms with Crippen LogP contribution in [-0.2, 0) is 0 Å². The van der Waals surface area contributed by atoms with Gasteiger partial charge in [0.15, 0.2) is 0 Å². The molecule has 122 valence electrons. The normalized spacial score (nSPS) is 31.6. The summed E-state index contributed by atoms with van der Waals surface area (Å²) in [5.41, 5.74) is 0. The van der Waals surface area contributed by atoms with Gasteiger partial charge in [-0.05, 0) is 77.8 Å².